The molecule has 2 atom stereocenters. The van der Waals surface area contributed by atoms with Crippen LogP contribution in [0.5, 0.6) is 0 Å². The summed E-state index contributed by atoms with van der Waals surface area (Å²) < 4.78 is 0. The Bertz CT molecular complexity index is 388. The molecule has 4 nitrogen and oxygen atoms in total. The zero-order valence-electron chi connectivity index (χ0n) is 23.6. The number of aliphatic carboxylic acids is 1. The van der Waals surface area contributed by atoms with Gasteiger partial charge in [0.05, 0.1) is 6.10 Å². The van der Waals surface area contributed by atoms with Crippen LogP contribution in [-0.2, 0) is 4.79 Å². The summed E-state index contributed by atoms with van der Waals surface area (Å²) in [7, 11) is 0. The van der Waals surface area contributed by atoms with E-state index >= 15 is 0 Å². The van der Waals surface area contributed by atoms with E-state index in [0.29, 0.717) is 5.57 Å². The van der Waals surface area contributed by atoms with Gasteiger partial charge in [0.15, 0.2) is 0 Å². The molecule has 0 amide bonds. The first kappa shape index (κ1) is 36.5. The topological polar surface area (TPSA) is 69.6 Å². The summed E-state index contributed by atoms with van der Waals surface area (Å²) in [6.45, 7) is 15.4. The lowest BCUT2D eigenvalue weighted by atomic mass is 9.99. The average molecular weight is 472 g/mol. The Hall–Kier alpha value is -1.03. The van der Waals surface area contributed by atoms with Gasteiger partial charge in [0.1, 0.15) is 0 Å². The number of rotatable bonds is 19. The molecule has 0 aromatic heterocycles. The average Bonchev–Trinajstić information content (AvgIpc) is 2.82. The SMILES string of the molecule is CCC(C)CCCCC(O)CC.CCCCCCCCCCCC.CCN/C=C(/C)C(=O)O. The molecule has 2 unspecified atom stereocenters. The van der Waals surface area contributed by atoms with Gasteiger partial charge in [0, 0.05) is 18.3 Å². The van der Waals surface area contributed by atoms with Crippen LogP contribution < -0.4 is 5.32 Å². The van der Waals surface area contributed by atoms with E-state index in [1.807, 2.05) is 13.8 Å². The van der Waals surface area contributed by atoms with Gasteiger partial charge in [-0.2, -0.15) is 0 Å². The van der Waals surface area contributed by atoms with Crippen molar-refractivity contribution in [2.75, 3.05) is 6.54 Å². The molecule has 0 aromatic rings. The maximum atomic E-state index is 10.1. The molecule has 0 heterocycles. The van der Waals surface area contributed by atoms with E-state index < -0.39 is 5.97 Å². The monoisotopic (exact) mass is 471 g/mol. The molecule has 0 aliphatic heterocycles. The standard InChI is InChI=1S/C12H26.C11H24O.C6H11NO2/c1-3-5-7-9-11-12-10-8-6-4-2;1-4-10(3)8-6-7-9-11(12)5-2;1-3-7-4-5(2)6(8)9/h3-12H2,1-2H3;10-12H,4-9H2,1-3H3;4,7H,3H2,1-2H3,(H,8,9)/b;;5-4-. The van der Waals surface area contributed by atoms with Crippen molar-refractivity contribution >= 4 is 5.97 Å². The van der Waals surface area contributed by atoms with Gasteiger partial charge >= 0.3 is 5.97 Å². The molecule has 4 heteroatoms. The van der Waals surface area contributed by atoms with Crippen LogP contribution in [0.3, 0.4) is 0 Å². The van der Waals surface area contributed by atoms with Crippen molar-refractivity contribution in [3.8, 4) is 0 Å². The van der Waals surface area contributed by atoms with Crippen molar-refractivity contribution in [1.29, 1.82) is 0 Å². The van der Waals surface area contributed by atoms with Crippen molar-refractivity contribution in [2.24, 2.45) is 5.92 Å². The van der Waals surface area contributed by atoms with Gasteiger partial charge < -0.3 is 15.5 Å². The third-order valence-electron chi connectivity index (χ3n) is 5.97. The molecule has 0 aliphatic carbocycles. The van der Waals surface area contributed by atoms with E-state index in [9.17, 15) is 9.90 Å². The number of carboxylic acid groups (broad SMARTS) is 1. The maximum Gasteiger partial charge on any atom is 0.332 e. The van der Waals surface area contributed by atoms with E-state index in [-0.39, 0.29) is 6.10 Å². The first-order valence-electron chi connectivity index (χ1n) is 14.1. The molecule has 0 aliphatic rings. The molecule has 0 bridgehead atoms. The fourth-order valence-electron chi connectivity index (χ4n) is 3.16. The molecule has 0 fully saturated rings. The molecule has 33 heavy (non-hydrogen) atoms. The van der Waals surface area contributed by atoms with E-state index in [1.54, 1.807) is 6.92 Å². The Kier molecular flexibility index (Phi) is 34.3. The molecule has 0 saturated carbocycles. The van der Waals surface area contributed by atoms with Crippen molar-refractivity contribution in [1.82, 2.24) is 5.32 Å². The lowest BCUT2D eigenvalue weighted by Gasteiger charge is -2.09. The van der Waals surface area contributed by atoms with Gasteiger partial charge in [-0.15, -0.1) is 0 Å². The molecule has 0 spiro atoms. The minimum absolute atomic E-state index is 0.0538. The molecular weight excluding hydrogens is 410 g/mol. The predicted molar refractivity (Wildman–Crippen MR) is 147 cm³/mol. The number of hydrogen-bond acceptors (Lipinski definition) is 3. The van der Waals surface area contributed by atoms with E-state index in [2.05, 4.69) is 33.0 Å². The second-order valence-corrected chi connectivity index (χ2v) is 9.38. The second-order valence-electron chi connectivity index (χ2n) is 9.38. The number of nitrogens with one attached hydrogen (secondary N) is 1. The van der Waals surface area contributed by atoms with Crippen LogP contribution in [0, 0.1) is 5.92 Å². The quantitative estimate of drug-likeness (QED) is 0.130. The number of carbonyl (C=O) groups is 1. The highest BCUT2D eigenvalue weighted by molar-refractivity contribution is 5.85. The first-order chi connectivity index (χ1) is 15.8. The highest BCUT2D eigenvalue weighted by Crippen LogP contribution is 2.13. The summed E-state index contributed by atoms with van der Waals surface area (Å²) in [4.78, 5) is 10.1. The van der Waals surface area contributed by atoms with E-state index in [1.165, 1.54) is 96.1 Å². The summed E-state index contributed by atoms with van der Waals surface area (Å²) in [5.74, 6) is -0.0141. The van der Waals surface area contributed by atoms with Crippen molar-refractivity contribution in [2.45, 2.75) is 157 Å². The predicted octanol–water partition coefficient (Wildman–Crippen LogP) is 8.88. The molecule has 200 valence electrons. The van der Waals surface area contributed by atoms with Gasteiger partial charge in [-0.1, -0.05) is 125 Å². The molecule has 3 N–H and O–H groups in total. The maximum absolute atomic E-state index is 10.1. The number of carboxylic acids is 1. The third-order valence-corrected chi connectivity index (χ3v) is 5.97. The summed E-state index contributed by atoms with van der Waals surface area (Å²) in [6, 6.07) is 0. The fourth-order valence-corrected chi connectivity index (χ4v) is 3.16. The first-order valence-corrected chi connectivity index (χ1v) is 14.1. The minimum atomic E-state index is -0.879. The minimum Gasteiger partial charge on any atom is -0.478 e. The number of aliphatic hydroxyl groups excluding tert-OH is 1. The normalized spacial score (nSPS) is 12.7. The molecular formula is C29H61NO3. The fraction of sp³-hybridized carbons (Fsp3) is 0.897. The van der Waals surface area contributed by atoms with Crippen LogP contribution in [-0.4, -0.2) is 28.8 Å². The Morgan fingerprint density at radius 3 is 1.58 bits per heavy atom. The van der Waals surface area contributed by atoms with Crippen LogP contribution >= 0.6 is 0 Å². The van der Waals surface area contributed by atoms with Crippen molar-refractivity contribution in [3.63, 3.8) is 0 Å². The zero-order chi connectivity index (χ0) is 25.7. The second kappa shape index (κ2) is 31.0. The van der Waals surface area contributed by atoms with E-state index in [0.717, 1.165) is 25.3 Å². The molecule has 0 saturated heterocycles. The van der Waals surface area contributed by atoms with Crippen LogP contribution in [0.2, 0.25) is 0 Å². The molecule has 0 radical (unpaired) electrons. The number of aliphatic hydroxyl groups is 1. The highest BCUT2D eigenvalue weighted by Gasteiger charge is 2.02. The molecule has 0 aromatic carbocycles. The summed E-state index contributed by atoms with van der Waals surface area (Å²) in [5.41, 5.74) is 0.330. The van der Waals surface area contributed by atoms with Crippen LogP contribution in [0.25, 0.3) is 0 Å². The zero-order valence-corrected chi connectivity index (χ0v) is 23.6. The van der Waals surface area contributed by atoms with Crippen molar-refractivity contribution < 1.29 is 15.0 Å². The van der Waals surface area contributed by atoms with Crippen molar-refractivity contribution in [3.05, 3.63) is 11.8 Å². The van der Waals surface area contributed by atoms with Crippen LogP contribution in [0.4, 0.5) is 0 Å². The van der Waals surface area contributed by atoms with E-state index in [4.69, 9.17) is 5.11 Å². The lowest BCUT2D eigenvalue weighted by Crippen LogP contribution is -2.07. The highest BCUT2D eigenvalue weighted by atomic mass is 16.4. The summed E-state index contributed by atoms with van der Waals surface area (Å²) >= 11 is 0. The van der Waals surface area contributed by atoms with Gasteiger partial charge in [0.2, 0.25) is 0 Å². The number of unbranched alkanes of at least 4 members (excludes halogenated alkanes) is 10. The lowest BCUT2D eigenvalue weighted by molar-refractivity contribution is -0.132. The van der Waals surface area contributed by atoms with Gasteiger partial charge in [0.25, 0.3) is 0 Å². The largest absolute Gasteiger partial charge is 0.478 e. The smallest absolute Gasteiger partial charge is 0.332 e. The van der Waals surface area contributed by atoms with Gasteiger partial charge in [-0.05, 0) is 32.6 Å². The Morgan fingerprint density at radius 1 is 0.758 bits per heavy atom. The summed E-state index contributed by atoms with van der Waals surface area (Å²) in [5, 5.41) is 20.4. The number of hydrogen-bond donors (Lipinski definition) is 3. The van der Waals surface area contributed by atoms with Gasteiger partial charge in [-0.25, -0.2) is 4.79 Å². The van der Waals surface area contributed by atoms with Crippen LogP contribution in [0.1, 0.15) is 151 Å². The Labute approximate surface area is 208 Å². The van der Waals surface area contributed by atoms with Crippen LogP contribution in [0.15, 0.2) is 11.8 Å². The summed E-state index contributed by atoms with van der Waals surface area (Å²) in [6.07, 6.45) is 22.9. The Morgan fingerprint density at radius 2 is 1.21 bits per heavy atom. The third kappa shape index (κ3) is 35.7. The van der Waals surface area contributed by atoms with Gasteiger partial charge in [-0.3, -0.25) is 0 Å². The molecule has 0 rings (SSSR count). The Balaban J connectivity index is -0.000000414.